The van der Waals surface area contributed by atoms with E-state index in [-0.39, 0.29) is 10.8 Å². The maximum atomic E-state index is 17.5. The lowest BCUT2D eigenvalue weighted by molar-refractivity contribution is -0.362. The van der Waals surface area contributed by atoms with Gasteiger partial charge in [-0.2, -0.15) is 0 Å². The molecular weight excluding hydrogens is 497 g/mol. The van der Waals surface area contributed by atoms with Gasteiger partial charge in [-0.15, -0.1) is 0 Å². The van der Waals surface area contributed by atoms with E-state index in [0.717, 1.165) is 84.8 Å². The van der Waals surface area contributed by atoms with Gasteiger partial charge in [0.1, 0.15) is 0 Å². The van der Waals surface area contributed by atoms with Crippen molar-refractivity contribution in [3.05, 3.63) is 75.3 Å². The summed E-state index contributed by atoms with van der Waals surface area (Å²) in [5, 5.41) is 0. The SMILES string of the molecule is CC(C)(C)C#CC1=[N+]2C(=C(c3ccccc3)c3c4c(c(C#CC(C)(C)C)n3[B-]2(F)F)CCCC4)C2=C1CCCC2. The predicted molar refractivity (Wildman–Crippen MR) is 161 cm³/mol. The lowest BCUT2D eigenvalue weighted by Gasteiger charge is -2.34. The van der Waals surface area contributed by atoms with Crippen LogP contribution in [0, 0.1) is 34.5 Å². The number of allylic oxidation sites excluding steroid dienone is 2. The first kappa shape index (κ1) is 26.9. The number of halogens is 2. The van der Waals surface area contributed by atoms with Gasteiger partial charge in [-0.3, -0.25) is 0 Å². The van der Waals surface area contributed by atoms with Crippen LogP contribution in [0.5, 0.6) is 0 Å². The van der Waals surface area contributed by atoms with Crippen LogP contribution in [-0.2, 0) is 12.8 Å². The lowest BCUT2D eigenvalue weighted by Crippen LogP contribution is -2.52. The highest BCUT2D eigenvalue weighted by Gasteiger charge is 2.59. The Hall–Kier alpha value is -3.31. The van der Waals surface area contributed by atoms with Crippen LogP contribution in [0.1, 0.15) is 108 Å². The number of fused-ring (bicyclic) bond motifs is 5. The number of benzene rings is 1. The second kappa shape index (κ2) is 9.38. The van der Waals surface area contributed by atoms with E-state index in [1.165, 1.54) is 8.96 Å². The molecule has 0 saturated heterocycles. The third-order valence-corrected chi connectivity index (χ3v) is 8.31. The summed E-state index contributed by atoms with van der Waals surface area (Å²) in [4.78, 5) is 0. The van der Waals surface area contributed by atoms with Gasteiger partial charge in [0, 0.05) is 27.7 Å². The molecule has 0 spiro atoms. The zero-order valence-electron chi connectivity index (χ0n) is 24.8. The summed E-state index contributed by atoms with van der Waals surface area (Å²) in [5.74, 6) is 13.2. The second-order valence-corrected chi connectivity index (χ2v) is 13.8. The molecule has 0 bridgehead atoms. The molecule has 206 valence electrons. The third kappa shape index (κ3) is 4.39. The van der Waals surface area contributed by atoms with Gasteiger partial charge in [0.25, 0.3) is 0 Å². The summed E-state index contributed by atoms with van der Waals surface area (Å²) < 4.78 is 37.6. The first-order valence-electron chi connectivity index (χ1n) is 14.9. The van der Waals surface area contributed by atoms with Crippen LogP contribution in [-0.4, -0.2) is 21.6 Å². The Labute approximate surface area is 238 Å². The minimum atomic E-state index is -4.22. The number of hydrogen-bond acceptors (Lipinski definition) is 0. The van der Waals surface area contributed by atoms with Crippen LogP contribution >= 0.6 is 0 Å². The molecule has 4 aliphatic rings. The summed E-state index contributed by atoms with van der Waals surface area (Å²) in [7, 11) is 0. The molecule has 2 nitrogen and oxygen atoms in total. The van der Waals surface area contributed by atoms with Gasteiger partial charge in [0.15, 0.2) is 5.70 Å². The fourth-order valence-electron chi connectivity index (χ4n) is 6.70. The van der Waals surface area contributed by atoms with Gasteiger partial charge >= 0.3 is 6.97 Å². The highest BCUT2D eigenvalue weighted by molar-refractivity contribution is 6.59. The quantitative estimate of drug-likeness (QED) is 0.257. The molecule has 6 rings (SSSR count). The third-order valence-electron chi connectivity index (χ3n) is 8.31. The average Bonchev–Trinajstić information content (AvgIpc) is 3.41. The molecule has 0 fully saturated rings. The standard InChI is InChI=1S/C35H39BF2N2/c1-34(2,3)22-20-29-25-16-10-12-18-27(25)32-31(24-14-8-7-9-15-24)33-28-19-13-11-17-26(28)30(21-23-35(4,5)6)40(33)36(37,38)39(29)32/h7-9,14-15H,10-13,16-19H2,1-6H3. The van der Waals surface area contributed by atoms with Crippen LogP contribution in [0.25, 0.3) is 5.57 Å². The molecule has 0 atom stereocenters. The van der Waals surface area contributed by atoms with Gasteiger partial charge < -0.3 is 17.6 Å². The highest BCUT2D eigenvalue weighted by Crippen LogP contribution is 2.50. The predicted octanol–water partition coefficient (Wildman–Crippen LogP) is 8.15. The van der Waals surface area contributed by atoms with Crippen LogP contribution in [0.15, 0.2) is 47.2 Å². The summed E-state index contributed by atoms with van der Waals surface area (Å²) >= 11 is 0. The van der Waals surface area contributed by atoms with Gasteiger partial charge in [0.05, 0.1) is 11.3 Å². The van der Waals surface area contributed by atoms with Crippen molar-refractivity contribution in [3.8, 4) is 23.7 Å². The molecule has 0 saturated carbocycles. The zero-order chi connectivity index (χ0) is 28.4. The normalized spacial score (nSPS) is 19.7. The van der Waals surface area contributed by atoms with E-state index in [1.54, 1.807) is 0 Å². The lowest BCUT2D eigenvalue weighted by atomic mass is 9.81. The number of aromatic nitrogens is 1. The smallest absolute Gasteiger partial charge is 0.389 e. The van der Waals surface area contributed by atoms with Crippen molar-refractivity contribution in [2.24, 2.45) is 10.8 Å². The Morgan fingerprint density at radius 2 is 1.32 bits per heavy atom. The molecule has 1 aromatic heterocycles. The Balaban J connectivity index is 1.79. The molecule has 3 heterocycles. The number of nitrogens with zero attached hydrogens (tertiary/aromatic N) is 2. The summed E-state index contributed by atoms with van der Waals surface area (Å²) in [5.41, 5.74) is 7.91. The van der Waals surface area contributed by atoms with Crippen molar-refractivity contribution >= 4 is 18.3 Å². The first-order chi connectivity index (χ1) is 18.9. The van der Waals surface area contributed by atoms with E-state index < -0.39 is 6.97 Å². The van der Waals surface area contributed by atoms with Gasteiger partial charge in [0.2, 0.25) is 5.71 Å². The van der Waals surface area contributed by atoms with Crippen molar-refractivity contribution in [3.63, 3.8) is 0 Å². The maximum Gasteiger partial charge on any atom is 0.738 e. The molecule has 2 aliphatic carbocycles. The molecule has 40 heavy (non-hydrogen) atoms. The number of rotatable bonds is 1. The fraction of sp³-hybridized carbons (Fsp3) is 0.457. The van der Waals surface area contributed by atoms with Crippen molar-refractivity contribution in [1.29, 1.82) is 0 Å². The first-order valence-corrected chi connectivity index (χ1v) is 14.9. The van der Waals surface area contributed by atoms with Crippen molar-refractivity contribution in [2.45, 2.75) is 92.9 Å². The fourth-order valence-corrected chi connectivity index (χ4v) is 6.70. The molecule has 0 N–H and O–H groups in total. The van der Waals surface area contributed by atoms with Gasteiger partial charge in [-0.25, -0.2) is 0 Å². The van der Waals surface area contributed by atoms with Crippen LogP contribution in [0.4, 0.5) is 8.63 Å². The molecule has 2 aliphatic heterocycles. The summed E-state index contributed by atoms with van der Waals surface area (Å²) in [6.07, 6.45) is 7.24. The minimum absolute atomic E-state index is 0.295. The van der Waals surface area contributed by atoms with Crippen molar-refractivity contribution in [1.82, 2.24) is 4.48 Å². The monoisotopic (exact) mass is 536 g/mol. The Kier molecular flexibility index (Phi) is 6.30. The van der Waals surface area contributed by atoms with E-state index in [2.05, 4.69) is 35.8 Å². The van der Waals surface area contributed by atoms with Crippen LogP contribution in [0.2, 0.25) is 0 Å². The molecule has 5 heteroatoms. The molecule has 1 aromatic carbocycles. The second-order valence-electron chi connectivity index (χ2n) is 13.8. The molecule has 0 amide bonds. The molecular formula is C35H39BF2N2. The number of hydrogen-bond donors (Lipinski definition) is 0. The van der Waals surface area contributed by atoms with E-state index >= 15 is 8.63 Å². The largest absolute Gasteiger partial charge is 0.738 e. The molecule has 2 aromatic rings. The Morgan fingerprint density at radius 1 is 0.750 bits per heavy atom. The van der Waals surface area contributed by atoms with Crippen LogP contribution in [0.3, 0.4) is 0 Å². The molecule has 0 unspecified atom stereocenters. The van der Waals surface area contributed by atoms with E-state index in [9.17, 15) is 0 Å². The van der Waals surface area contributed by atoms with E-state index in [4.69, 9.17) is 0 Å². The van der Waals surface area contributed by atoms with E-state index in [0.29, 0.717) is 22.8 Å². The van der Waals surface area contributed by atoms with Crippen molar-refractivity contribution in [2.75, 3.05) is 0 Å². The zero-order valence-corrected chi connectivity index (χ0v) is 24.8. The Morgan fingerprint density at radius 3 is 1.98 bits per heavy atom. The van der Waals surface area contributed by atoms with E-state index in [1.807, 2.05) is 59.7 Å². The maximum absolute atomic E-state index is 17.5. The highest BCUT2D eigenvalue weighted by atomic mass is 19.2. The summed E-state index contributed by atoms with van der Waals surface area (Å²) in [6, 6.07) is 10.2. The summed E-state index contributed by atoms with van der Waals surface area (Å²) in [6.45, 7) is 8.00. The molecule has 0 radical (unpaired) electrons. The van der Waals surface area contributed by atoms with Gasteiger partial charge in [-0.1, -0.05) is 48.1 Å². The van der Waals surface area contributed by atoms with Crippen molar-refractivity contribution < 1.29 is 13.1 Å². The minimum Gasteiger partial charge on any atom is -0.389 e. The van der Waals surface area contributed by atoms with Crippen LogP contribution < -0.4 is 0 Å². The topological polar surface area (TPSA) is 7.94 Å². The average molecular weight is 537 g/mol. The van der Waals surface area contributed by atoms with Gasteiger partial charge in [-0.05, 0) is 116 Å². The Bertz CT molecular complexity index is 1630.